The van der Waals surface area contributed by atoms with Crippen LogP contribution in [0, 0.1) is 13.8 Å². The highest BCUT2D eigenvalue weighted by Gasteiger charge is 2.22. The van der Waals surface area contributed by atoms with E-state index in [1.54, 1.807) is 0 Å². The molecule has 0 bridgehead atoms. The normalized spacial score (nSPS) is 17.8. The fraction of sp³-hybridized carbons (Fsp3) is 0.531. The maximum Gasteiger partial charge on any atom is 0.253 e. The molecule has 2 aromatic carbocycles. The molecule has 0 aliphatic carbocycles. The van der Waals surface area contributed by atoms with E-state index < -0.39 is 0 Å². The van der Waals surface area contributed by atoms with Gasteiger partial charge in [0.25, 0.3) is 5.91 Å². The number of amides is 1. The highest BCUT2D eigenvalue weighted by Crippen LogP contribution is 2.27. The zero-order chi connectivity index (χ0) is 27.4. The van der Waals surface area contributed by atoms with Crippen LogP contribution in [-0.2, 0) is 13.0 Å². The zero-order valence-electron chi connectivity index (χ0n) is 24.0. The van der Waals surface area contributed by atoms with Crippen LogP contribution >= 0.6 is 22.6 Å². The molecule has 0 atom stereocenters. The Balaban J connectivity index is 1.20. The second-order valence-corrected chi connectivity index (χ2v) is 12.5. The van der Waals surface area contributed by atoms with Crippen LogP contribution in [0.15, 0.2) is 42.5 Å². The number of benzene rings is 2. The van der Waals surface area contributed by atoms with E-state index >= 15 is 0 Å². The number of likely N-dealkylation sites (N-methyl/N-ethyl adjacent to an activating group) is 1. The quantitative estimate of drug-likeness (QED) is 0.251. The predicted molar refractivity (Wildman–Crippen MR) is 170 cm³/mol. The first kappa shape index (κ1) is 28.6. The van der Waals surface area contributed by atoms with Crippen molar-refractivity contribution in [2.24, 2.45) is 0 Å². The van der Waals surface area contributed by atoms with Gasteiger partial charge in [-0.05, 0) is 81.2 Å². The van der Waals surface area contributed by atoms with Gasteiger partial charge in [0.2, 0.25) is 0 Å². The van der Waals surface area contributed by atoms with Crippen molar-refractivity contribution < 1.29 is 4.79 Å². The molecule has 0 radical (unpaired) electrons. The summed E-state index contributed by atoms with van der Waals surface area (Å²) in [5.41, 5.74) is 7.51. The van der Waals surface area contributed by atoms with E-state index in [0.717, 1.165) is 55.7 Å². The molecule has 7 heteroatoms. The highest BCUT2D eigenvalue weighted by molar-refractivity contribution is 14.1. The molecule has 1 amide bonds. The third kappa shape index (κ3) is 6.87. The molecule has 0 unspecified atom stereocenters. The molecule has 3 heterocycles. The van der Waals surface area contributed by atoms with Crippen LogP contribution in [0.2, 0.25) is 0 Å². The second kappa shape index (κ2) is 13.1. The SMILES string of the molecule is Cc1c(C)n(CCCN2CCN(C)CC2)c2ccc(Cc3ccc(C(=O)N4CCN(CCI)CC4)cc3)cc12. The molecular formula is C32H44IN5O. The summed E-state index contributed by atoms with van der Waals surface area (Å²) in [6, 6.07) is 15.3. The van der Waals surface area contributed by atoms with Crippen LogP contribution in [-0.4, -0.2) is 107 Å². The molecule has 0 N–H and O–H groups in total. The topological polar surface area (TPSA) is 35.0 Å². The molecule has 3 aromatic rings. The summed E-state index contributed by atoms with van der Waals surface area (Å²) in [5.74, 6) is 0.164. The molecule has 2 aliphatic rings. The lowest BCUT2D eigenvalue weighted by atomic mass is 10.0. The lowest BCUT2D eigenvalue weighted by Gasteiger charge is -2.34. The number of piperazine rings is 2. The van der Waals surface area contributed by atoms with Gasteiger partial charge in [-0.25, -0.2) is 0 Å². The van der Waals surface area contributed by atoms with E-state index in [0.29, 0.717) is 0 Å². The predicted octanol–water partition coefficient (Wildman–Crippen LogP) is 4.68. The zero-order valence-corrected chi connectivity index (χ0v) is 26.1. The van der Waals surface area contributed by atoms with Crippen LogP contribution in [0.3, 0.4) is 0 Å². The Labute approximate surface area is 248 Å². The van der Waals surface area contributed by atoms with Crippen LogP contribution in [0.25, 0.3) is 10.9 Å². The monoisotopic (exact) mass is 641 g/mol. The number of hydrogen-bond donors (Lipinski definition) is 0. The number of fused-ring (bicyclic) bond motifs is 1. The molecule has 6 nitrogen and oxygen atoms in total. The van der Waals surface area contributed by atoms with Crippen LogP contribution in [0.1, 0.15) is 39.2 Å². The van der Waals surface area contributed by atoms with Crippen LogP contribution in [0.4, 0.5) is 0 Å². The third-order valence-electron chi connectivity index (χ3n) is 8.82. The van der Waals surface area contributed by atoms with E-state index in [2.05, 4.69) is 93.1 Å². The van der Waals surface area contributed by atoms with E-state index in [1.165, 1.54) is 72.4 Å². The molecule has 2 fully saturated rings. The number of nitrogens with zero attached hydrogens (tertiary/aromatic N) is 5. The van der Waals surface area contributed by atoms with E-state index in [1.807, 2.05) is 17.0 Å². The van der Waals surface area contributed by atoms with Crippen molar-refractivity contribution >= 4 is 39.4 Å². The van der Waals surface area contributed by atoms with E-state index in [-0.39, 0.29) is 5.91 Å². The summed E-state index contributed by atoms with van der Waals surface area (Å²) in [7, 11) is 2.22. The molecule has 2 saturated heterocycles. The van der Waals surface area contributed by atoms with E-state index in [4.69, 9.17) is 0 Å². The van der Waals surface area contributed by atoms with Gasteiger partial charge in [-0.2, -0.15) is 0 Å². The minimum atomic E-state index is 0.164. The summed E-state index contributed by atoms with van der Waals surface area (Å²) in [6.45, 7) is 16.3. The minimum Gasteiger partial charge on any atom is -0.345 e. The van der Waals surface area contributed by atoms with Crippen molar-refractivity contribution in [3.63, 3.8) is 0 Å². The first-order chi connectivity index (χ1) is 18.9. The van der Waals surface area contributed by atoms with Gasteiger partial charge in [0.1, 0.15) is 0 Å². The number of carbonyl (C=O) groups excluding carboxylic acids is 1. The summed E-state index contributed by atoms with van der Waals surface area (Å²) >= 11 is 2.42. The van der Waals surface area contributed by atoms with Gasteiger partial charge in [-0.1, -0.05) is 40.8 Å². The molecule has 0 spiro atoms. The number of aromatic nitrogens is 1. The van der Waals surface area contributed by atoms with Crippen molar-refractivity contribution in [1.29, 1.82) is 0 Å². The van der Waals surface area contributed by atoms with Crippen LogP contribution in [0.5, 0.6) is 0 Å². The largest absolute Gasteiger partial charge is 0.345 e. The maximum absolute atomic E-state index is 13.0. The number of hydrogen-bond acceptors (Lipinski definition) is 4. The minimum absolute atomic E-state index is 0.164. The number of alkyl halides is 1. The summed E-state index contributed by atoms with van der Waals surface area (Å²) in [6.07, 6.45) is 2.07. The third-order valence-corrected chi connectivity index (χ3v) is 9.31. The molecule has 2 aliphatic heterocycles. The van der Waals surface area contributed by atoms with Gasteiger partial charge < -0.3 is 19.3 Å². The Bertz CT molecular complexity index is 1250. The molecule has 1 aromatic heterocycles. The van der Waals surface area contributed by atoms with Crippen molar-refractivity contribution in [1.82, 2.24) is 24.2 Å². The Morgan fingerprint density at radius 3 is 2.13 bits per heavy atom. The van der Waals surface area contributed by atoms with E-state index in [9.17, 15) is 4.79 Å². The van der Waals surface area contributed by atoms with Crippen molar-refractivity contribution in [2.45, 2.75) is 33.2 Å². The van der Waals surface area contributed by atoms with Crippen molar-refractivity contribution in [2.75, 3.05) is 76.9 Å². The van der Waals surface area contributed by atoms with Gasteiger partial charge in [0, 0.05) is 92.0 Å². The van der Waals surface area contributed by atoms with Gasteiger partial charge in [-0.15, -0.1) is 0 Å². The van der Waals surface area contributed by atoms with Gasteiger partial charge in [0.05, 0.1) is 0 Å². The fourth-order valence-electron chi connectivity index (χ4n) is 6.10. The summed E-state index contributed by atoms with van der Waals surface area (Å²) in [5, 5.41) is 1.37. The smallest absolute Gasteiger partial charge is 0.253 e. The molecule has 0 saturated carbocycles. The molecule has 39 heavy (non-hydrogen) atoms. The van der Waals surface area contributed by atoms with Gasteiger partial charge >= 0.3 is 0 Å². The number of aryl methyl sites for hydroxylation is 2. The van der Waals surface area contributed by atoms with Crippen molar-refractivity contribution in [3.05, 3.63) is 70.4 Å². The Morgan fingerprint density at radius 2 is 1.44 bits per heavy atom. The van der Waals surface area contributed by atoms with Crippen LogP contribution < -0.4 is 0 Å². The Kier molecular flexibility index (Phi) is 9.64. The van der Waals surface area contributed by atoms with Gasteiger partial charge in [-0.3, -0.25) is 9.69 Å². The molecule has 210 valence electrons. The summed E-state index contributed by atoms with van der Waals surface area (Å²) < 4.78 is 3.66. The standard InChI is InChI=1S/C32H44IN5O/c1-25-26(2)38(13-4-12-35-17-15-34(3)16-18-35)31-10-7-28(24-30(25)31)23-27-5-8-29(9-6-27)32(39)37-21-19-36(14-11-33)20-22-37/h5-10,24H,4,11-23H2,1-3H3. The lowest BCUT2D eigenvalue weighted by molar-refractivity contribution is 0.0645. The second-order valence-electron chi connectivity index (χ2n) is 11.4. The highest BCUT2D eigenvalue weighted by atomic mass is 127. The maximum atomic E-state index is 13.0. The van der Waals surface area contributed by atoms with Gasteiger partial charge in [0.15, 0.2) is 0 Å². The number of rotatable bonds is 9. The van der Waals surface area contributed by atoms with Crippen molar-refractivity contribution in [3.8, 4) is 0 Å². The number of carbonyl (C=O) groups is 1. The average molecular weight is 642 g/mol. The molecule has 5 rings (SSSR count). The molecular weight excluding hydrogens is 597 g/mol. The average Bonchev–Trinajstić information content (AvgIpc) is 3.19. The fourth-order valence-corrected chi connectivity index (χ4v) is 6.78. The number of halogens is 1. The first-order valence-electron chi connectivity index (χ1n) is 14.6. The Morgan fingerprint density at radius 1 is 0.795 bits per heavy atom. The lowest BCUT2D eigenvalue weighted by Crippen LogP contribution is -2.49. The Hall–Kier alpha value is -1.94. The first-order valence-corrected chi connectivity index (χ1v) is 16.1. The summed E-state index contributed by atoms with van der Waals surface area (Å²) in [4.78, 5) is 22.5.